The van der Waals surface area contributed by atoms with E-state index in [1.807, 2.05) is 13.8 Å². The first-order valence-corrected chi connectivity index (χ1v) is 10.6. The maximum Gasteiger partial charge on any atom is 0.348 e. The molecule has 0 aromatic carbocycles. The normalized spacial score (nSPS) is 21.1. The van der Waals surface area contributed by atoms with Crippen molar-refractivity contribution in [2.24, 2.45) is 0 Å². The molecule has 3 rings (SSSR count). The number of carbonyl (C=O) groups excluding carboxylic acids is 1. The van der Waals surface area contributed by atoms with Gasteiger partial charge in [-0.25, -0.2) is 14.8 Å². The number of carbonyl (C=O) groups is 1. The summed E-state index contributed by atoms with van der Waals surface area (Å²) in [5.74, 6) is 0.460. The minimum Gasteiger partial charge on any atom is -0.462 e. The minimum absolute atomic E-state index is 0.0720. The Kier molecular flexibility index (Phi) is 6.21. The molecule has 2 atom stereocenters. The predicted molar refractivity (Wildman–Crippen MR) is 112 cm³/mol. The zero-order valence-corrected chi connectivity index (χ0v) is 18.4. The number of rotatable bonds is 6. The van der Waals surface area contributed by atoms with E-state index in [1.54, 1.807) is 6.33 Å². The van der Waals surface area contributed by atoms with Crippen LogP contribution in [0.5, 0.6) is 0 Å². The highest BCUT2D eigenvalue weighted by atomic mass is 32.1. The van der Waals surface area contributed by atoms with Crippen LogP contribution in [0, 0.1) is 6.92 Å². The maximum atomic E-state index is 12.2. The van der Waals surface area contributed by atoms with Crippen molar-refractivity contribution >= 4 is 33.3 Å². The Morgan fingerprint density at radius 2 is 2.04 bits per heavy atom. The first kappa shape index (κ1) is 21.0. The molecule has 0 aliphatic carbocycles. The molecule has 28 heavy (non-hydrogen) atoms. The first-order chi connectivity index (χ1) is 13.2. The summed E-state index contributed by atoms with van der Waals surface area (Å²) in [5.41, 5.74) is 0.797. The zero-order valence-electron chi connectivity index (χ0n) is 17.5. The second kappa shape index (κ2) is 8.31. The highest BCUT2D eigenvalue weighted by molar-refractivity contribution is 7.20. The summed E-state index contributed by atoms with van der Waals surface area (Å²) in [6.45, 7) is 15.3. The van der Waals surface area contributed by atoms with Crippen molar-refractivity contribution < 1.29 is 14.3 Å². The highest BCUT2D eigenvalue weighted by Gasteiger charge is 2.33. The minimum atomic E-state index is -0.300. The van der Waals surface area contributed by atoms with E-state index in [-0.39, 0.29) is 23.7 Å². The van der Waals surface area contributed by atoms with Gasteiger partial charge < -0.3 is 14.8 Å². The van der Waals surface area contributed by atoms with Crippen LogP contribution in [0.15, 0.2) is 6.33 Å². The van der Waals surface area contributed by atoms with E-state index in [4.69, 9.17) is 9.47 Å². The number of hydrogen-bond acceptors (Lipinski definition) is 8. The number of anilines is 1. The summed E-state index contributed by atoms with van der Waals surface area (Å²) < 4.78 is 11.0. The van der Waals surface area contributed by atoms with E-state index in [9.17, 15) is 4.79 Å². The molecule has 2 aromatic heterocycles. The highest BCUT2D eigenvalue weighted by Crippen LogP contribution is 2.34. The molecule has 0 bridgehead atoms. The van der Waals surface area contributed by atoms with Crippen molar-refractivity contribution in [2.75, 3.05) is 31.6 Å². The van der Waals surface area contributed by atoms with Gasteiger partial charge in [0.05, 0.1) is 24.2 Å². The van der Waals surface area contributed by atoms with E-state index in [0.29, 0.717) is 11.5 Å². The van der Waals surface area contributed by atoms with Gasteiger partial charge in [0.25, 0.3) is 0 Å². The number of nitrogens with one attached hydrogen (secondary N) is 1. The number of thiophene rings is 1. The number of aryl methyl sites for hydroxylation is 1. The Hall–Kier alpha value is -1.77. The van der Waals surface area contributed by atoms with Crippen molar-refractivity contribution in [1.29, 1.82) is 0 Å². The molecule has 0 radical (unpaired) electrons. The van der Waals surface area contributed by atoms with Crippen LogP contribution in [-0.4, -0.2) is 64.8 Å². The van der Waals surface area contributed by atoms with Crippen molar-refractivity contribution in [3.05, 3.63) is 16.8 Å². The van der Waals surface area contributed by atoms with Gasteiger partial charge >= 0.3 is 5.97 Å². The second-order valence-electron chi connectivity index (χ2n) is 8.01. The van der Waals surface area contributed by atoms with Crippen LogP contribution in [0.3, 0.4) is 0 Å². The lowest BCUT2D eigenvalue weighted by Crippen LogP contribution is -2.57. The molecule has 0 spiro atoms. The monoisotopic (exact) mass is 406 g/mol. The van der Waals surface area contributed by atoms with Crippen LogP contribution < -0.4 is 5.32 Å². The van der Waals surface area contributed by atoms with Crippen molar-refractivity contribution in [2.45, 2.75) is 59.3 Å². The quantitative estimate of drug-likeness (QED) is 0.736. The molecule has 1 saturated heterocycles. The number of hydrogen-bond donors (Lipinski definition) is 1. The molecule has 0 amide bonds. The zero-order chi connectivity index (χ0) is 20.5. The predicted octanol–water partition coefficient (Wildman–Crippen LogP) is 3.48. The lowest BCUT2D eigenvalue weighted by molar-refractivity contribution is -0.0933. The Balaban J connectivity index is 1.81. The summed E-state index contributed by atoms with van der Waals surface area (Å²) in [5, 5.41) is 4.40. The van der Waals surface area contributed by atoms with E-state index in [2.05, 4.69) is 47.9 Å². The molecule has 1 aliphatic rings. The summed E-state index contributed by atoms with van der Waals surface area (Å²) in [4.78, 5) is 24.9. The fourth-order valence-corrected chi connectivity index (χ4v) is 4.72. The Morgan fingerprint density at radius 3 is 2.68 bits per heavy atom. The number of fused-ring (bicyclic) bond motifs is 1. The second-order valence-corrected chi connectivity index (χ2v) is 9.01. The summed E-state index contributed by atoms with van der Waals surface area (Å²) in [7, 11) is 0. The molecule has 3 heterocycles. The summed E-state index contributed by atoms with van der Waals surface area (Å²) in [6, 6.07) is 0. The number of morpholine rings is 1. The van der Waals surface area contributed by atoms with E-state index in [1.165, 1.54) is 11.3 Å². The molecule has 2 aromatic rings. The molecule has 1 aliphatic heterocycles. The molecule has 8 heteroatoms. The molecular weight excluding hydrogens is 376 g/mol. The Morgan fingerprint density at radius 1 is 1.36 bits per heavy atom. The van der Waals surface area contributed by atoms with Gasteiger partial charge in [-0.15, -0.1) is 11.3 Å². The van der Waals surface area contributed by atoms with Gasteiger partial charge in [-0.05, 0) is 47.1 Å². The Bertz CT molecular complexity index is 841. The van der Waals surface area contributed by atoms with Crippen molar-refractivity contribution in [3.63, 3.8) is 0 Å². The smallest absolute Gasteiger partial charge is 0.348 e. The van der Waals surface area contributed by atoms with Crippen molar-refractivity contribution in [1.82, 2.24) is 14.9 Å². The van der Waals surface area contributed by atoms with Crippen LogP contribution in [0.25, 0.3) is 10.2 Å². The largest absolute Gasteiger partial charge is 0.462 e. The maximum absolute atomic E-state index is 12.2. The molecule has 1 N–H and O–H groups in total. The van der Waals surface area contributed by atoms with Crippen LogP contribution in [0.4, 0.5) is 5.82 Å². The van der Waals surface area contributed by atoms with Crippen LogP contribution >= 0.6 is 11.3 Å². The van der Waals surface area contributed by atoms with Crippen LogP contribution in [0.1, 0.15) is 49.9 Å². The number of esters is 1. The topological polar surface area (TPSA) is 76.6 Å². The average molecular weight is 407 g/mol. The third-order valence-electron chi connectivity index (χ3n) is 5.15. The molecule has 154 valence electrons. The van der Waals surface area contributed by atoms with Gasteiger partial charge in [-0.1, -0.05) is 0 Å². The number of aromatic nitrogens is 2. The summed E-state index contributed by atoms with van der Waals surface area (Å²) in [6.07, 6.45) is 1.99. The summed E-state index contributed by atoms with van der Waals surface area (Å²) >= 11 is 1.36. The third kappa shape index (κ3) is 4.29. The molecule has 0 unspecified atom stereocenters. The van der Waals surface area contributed by atoms with Gasteiger partial charge in [0, 0.05) is 25.2 Å². The third-order valence-corrected chi connectivity index (χ3v) is 6.33. The van der Waals surface area contributed by atoms with E-state index < -0.39 is 0 Å². The number of nitrogens with zero attached hydrogens (tertiary/aromatic N) is 3. The van der Waals surface area contributed by atoms with Gasteiger partial charge in [-0.2, -0.15) is 0 Å². The Labute approximate surface area is 170 Å². The fraction of sp³-hybridized carbons (Fsp3) is 0.650. The van der Waals surface area contributed by atoms with E-state index in [0.717, 1.165) is 41.2 Å². The van der Waals surface area contributed by atoms with Crippen LogP contribution in [0.2, 0.25) is 0 Å². The average Bonchev–Trinajstić information content (AvgIpc) is 2.97. The van der Waals surface area contributed by atoms with Crippen molar-refractivity contribution in [3.8, 4) is 0 Å². The lowest BCUT2D eigenvalue weighted by Gasteiger charge is -2.45. The number of ether oxygens (including phenoxy) is 2. The van der Waals surface area contributed by atoms with Gasteiger partial charge in [0.1, 0.15) is 21.9 Å². The molecule has 0 saturated carbocycles. The molecule has 1 fully saturated rings. The molecular formula is C20H30N4O3S. The SMILES string of the molecule is CCOC(=O)c1sc2ncnc(NCC(C)(C)N3C[C@@H](C)O[C@H](C)C3)c2c1C. The fourth-order valence-electron chi connectivity index (χ4n) is 3.68. The molecule has 7 nitrogen and oxygen atoms in total. The lowest BCUT2D eigenvalue weighted by atomic mass is 10.00. The van der Waals surface area contributed by atoms with Gasteiger partial charge in [-0.3, -0.25) is 4.90 Å². The van der Waals surface area contributed by atoms with Gasteiger partial charge in [0.2, 0.25) is 0 Å². The van der Waals surface area contributed by atoms with Gasteiger partial charge in [0.15, 0.2) is 0 Å². The standard InChI is InChI=1S/C20H30N4O3S/c1-7-26-19(25)16-14(4)15-17(22-11-23-18(15)28-16)21-10-20(5,6)24-8-12(2)27-13(3)9-24/h11-13H,7-10H2,1-6H3,(H,21,22,23)/t12-,13-/m1/s1. The first-order valence-electron chi connectivity index (χ1n) is 9.78. The van der Waals surface area contributed by atoms with E-state index >= 15 is 0 Å². The van der Waals surface area contributed by atoms with Crippen LogP contribution in [-0.2, 0) is 9.47 Å².